The molecule has 0 amide bonds. The number of aliphatic imine (C=N–C) groups is 1. The SMILES string of the molecule is CCNC(=NCC(c1cccs1)N1CCOC(C)C1)NC1C2CCOC2C1(C)C.I. The first-order valence-corrected chi connectivity index (χ1v) is 11.9. The third kappa shape index (κ3) is 4.98. The van der Waals surface area contributed by atoms with Gasteiger partial charge in [-0.2, -0.15) is 0 Å². The van der Waals surface area contributed by atoms with E-state index < -0.39 is 0 Å². The number of morpholine rings is 1. The third-order valence-corrected chi connectivity index (χ3v) is 7.72. The number of hydrogen-bond donors (Lipinski definition) is 2. The number of thiophene rings is 1. The van der Waals surface area contributed by atoms with Gasteiger partial charge in [0.25, 0.3) is 0 Å². The summed E-state index contributed by atoms with van der Waals surface area (Å²) < 4.78 is 11.7. The molecule has 6 nitrogen and oxygen atoms in total. The molecular formula is C22H37IN4O2S. The van der Waals surface area contributed by atoms with E-state index >= 15 is 0 Å². The van der Waals surface area contributed by atoms with Crippen molar-refractivity contribution in [2.45, 2.75) is 58.4 Å². The van der Waals surface area contributed by atoms with Gasteiger partial charge in [0.15, 0.2) is 5.96 Å². The Morgan fingerprint density at radius 1 is 1.37 bits per heavy atom. The molecule has 2 aliphatic heterocycles. The first-order valence-electron chi connectivity index (χ1n) is 11.1. The van der Waals surface area contributed by atoms with E-state index in [4.69, 9.17) is 14.5 Å². The maximum Gasteiger partial charge on any atom is 0.191 e. The summed E-state index contributed by atoms with van der Waals surface area (Å²) in [7, 11) is 0. The van der Waals surface area contributed by atoms with Crippen LogP contribution in [0, 0.1) is 11.3 Å². The summed E-state index contributed by atoms with van der Waals surface area (Å²) in [5.41, 5.74) is 0.143. The highest BCUT2D eigenvalue weighted by atomic mass is 127. The van der Waals surface area contributed by atoms with Crippen molar-refractivity contribution in [1.82, 2.24) is 15.5 Å². The van der Waals surface area contributed by atoms with Gasteiger partial charge in [0, 0.05) is 48.5 Å². The second-order valence-electron chi connectivity index (χ2n) is 9.11. The summed E-state index contributed by atoms with van der Waals surface area (Å²) in [5.74, 6) is 1.53. The van der Waals surface area contributed by atoms with Gasteiger partial charge in [-0.05, 0) is 31.7 Å². The summed E-state index contributed by atoms with van der Waals surface area (Å²) in [6.07, 6.45) is 1.81. The largest absolute Gasteiger partial charge is 0.377 e. The first-order chi connectivity index (χ1) is 14.0. The molecule has 1 saturated carbocycles. The zero-order valence-electron chi connectivity index (χ0n) is 18.6. The van der Waals surface area contributed by atoms with Crippen LogP contribution in [-0.2, 0) is 9.47 Å². The lowest BCUT2D eigenvalue weighted by Crippen LogP contribution is -2.68. The van der Waals surface area contributed by atoms with Gasteiger partial charge in [0.1, 0.15) is 0 Å². The average molecular weight is 549 g/mol. The number of nitrogens with one attached hydrogen (secondary N) is 2. The van der Waals surface area contributed by atoms with Crippen LogP contribution >= 0.6 is 35.3 Å². The summed E-state index contributed by atoms with van der Waals surface area (Å²) in [5, 5.41) is 9.38. The van der Waals surface area contributed by atoms with Gasteiger partial charge in [-0.15, -0.1) is 35.3 Å². The average Bonchev–Trinajstić information content (AvgIpc) is 3.37. The van der Waals surface area contributed by atoms with Gasteiger partial charge in [-0.3, -0.25) is 9.89 Å². The van der Waals surface area contributed by atoms with E-state index in [0.717, 1.165) is 51.8 Å². The molecule has 1 aromatic heterocycles. The monoisotopic (exact) mass is 548 g/mol. The number of fused-ring (bicyclic) bond motifs is 1. The van der Waals surface area contributed by atoms with Crippen molar-refractivity contribution in [2.24, 2.45) is 16.3 Å². The van der Waals surface area contributed by atoms with Crippen molar-refractivity contribution in [3.05, 3.63) is 22.4 Å². The number of nitrogens with zero attached hydrogens (tertiary/aromatic N) is 2. The van der Waals surface area contributed by atoms with Crippen LogP contribution in [0.1, 0.15) is 45.0 Å². The van der Waals surface area contributed by atoms with Gasteiger partial charge >= 0.3 is 0 Å². The molecule has 3 heterocycles. The van der Waals surface area contributed by atoms with Crippen LogP contribution in [0.4, 0.5) is 0 Å². The summed E-state index contributed by atoms with van der Waals surface area (Å²) in [4.78, 5) is 8.96. The quantitative estimate of drug-likeness (QED) is 0.324. The molecule has 4 rings (SSSR count). The van der Waals surface area contributed by atoms with Crippen molar-refractivity contribution in [3.63, 3.8) is 0 Å². The molecule has 3 fully saturated rings. The van der Waals surface area contributed by atoms with Crippen LogP contribution in [0.25, 0.3) is 0 Å². The number of hydrogen-bond acceptors (Lipinski definition) is 5. The molecule has 170 valence electrons. The van der Waals surface area contributed by atoms with E-state index in [9.17, 15) is 0 Å². The third-order valence-electron chi connectivity index (χ3n) is 6.74. The second-order valence-corrected chi connectivity index (χ2v) is 10.1. The standard InChI is InChI=1S/C22H36N4O2S.HI/c1-5-23-21(25-19-16-8-10-28-20(16)22(19,3)4)24-13-17(18-7-6-12-29-18)26-9-11-27-15(2)14-26;/h6-7,12,15-17,19-20H,5,8-11,13-14H2,1-4H3,(H2,23,24,25);1H. The molecule has 5 unspecified atom stereocenters. The smallest absolute Gasteiger partial charge is 0.191 e. The minimum Gasteiger partial charge on any atom is -0.377 e. The molecule has 8 heteroatoms. The molecule has 2 saturated heterocycles. The highest BCUT2D eigenvalue weighted by Crippen LogP contribution is 2.52. The molecule has 0 radical (unpaired) electrons. The summed E-state index contributed by atoms with van der Waals surface area (Å²) >= 11 is 1.82. The molecule has 0 bridgehead atoms. The maximum absolute atomic E-state index is 5.96. The Morgan fingerprint density at radius 3 is 2.90 bits per heavy atom. The molecule has 0 spiro atoms. The highest BCUT2D eigenvalue weighted by Gasteiger charge is 2.59. The Bertz CT molecular complexity index is 699. The van der Waals surface area contributed by atoms with Crippen LogP contribution in [0.2, 0.25) is 0 Å². The molecule has 30 heavy (non-hydrogen) atoms. The van der Waals surface area contributed by atoms with E-state index in [1.165, 1.54) is 4.88 Å². The second kappa shape index (κ2) is 10.5. The molecule has 1 aliphatic carbocycles. The Morgan fingerprint density at radius 2 is 2.20 bits per heavy atom. The fourth-order valence-corrected chi connectivity index (χ4v) is 6.11. The van der Waals surface area contributed by atoms with Crippen molar-refractivity contribution in [1.29, 1.82) is 0 Å². The van der Waals surface area contributed by atoms with Gasteiger partial charge in [-0.1, -0.05) is 19.9 Å². The maximum atomic E-state index is 5.96. The number of halogens is 1. The lowest BCUT2D eigenvalue weighted by atomic mass is 9.57. The summed E-state index contributed by atoms with van der Waals surface area (Å²) in [6, 6.07) is 5.09. The molecule has 5 atom stereocenters. The Kier molecular flexibility index (Phi) is 8.45. The molecular weight excluding hydrogens is 511 g/mol. The molecule has 3 aliphatic rings. The van der Waals surface area contributed by atoms with E-state index in [1.54, 1.807) is 0 Å². The van der Waals surface area contributed by atoms with Crippen molar-refractivity contribution in [3.8, 4) is 0 Å². The Balaban J connectivity index is 0.00000256. The van der Waals surface area contributed by atoms with Crippen molar-refractivity contribution < 1.29 is 9.47 Å². The Hall–Kier alpha value is -0.420. The normalized spacial score (nSPS) is 31.9. The van der Waals surface area contributed by atoms with E-state index in [0.29, 0.717) is 24.1 Å². The molecule has 2 N–H and O–H groups in total. The van der Waals surface area contributed by atoms with Gasteiger partial charge in [0.05, 0.1) is 31.4 Å². The minimum atomic E-state index is 0. The summed E-state index contributed by atoms with van der Waals surface area (Å²) in [6.45, 7) is 14.1. The number of rotatable bonds is 6. The van der Waals surface area contributed by atoms with Gasteiger partial charge < -0.3 is 20.1 Å². The molecule has 1 aromatic rings. The van der Waals surface area contributed by atoms with Gasteiger partial charge in [0.2, 0.25) is 0 Å². The fourth-order valence-electron chi connectivity index (χ4n) is 5.26. The Labute approximate surface area is 202 Å². The zero-order chi connectivity index (χ0) is 20.4. The van der Waals surface area contributed by atoms with Crippen molar-refractivity contribution in [2.75, 3.05) is 39.4 Å². The van der Waals surface area contributed by atoms with Crippen molar-refractivity contribution >= 4 is 41.3 Å². The van der Waals surface area contributed by atoms with Crippen LogP contribution in [0.5, 0.6) is 0 Å². The highest BCUT2D eigenvalue weighted by molar-refractivity contribution is 14.0. The molecule has 0 aromatic carbocycles. The predicted octanol–water partition coefficient (Wildman–Crippen LogP) is 3.50. The van der Waals surface area contributed by atoms with Crippen LogP contribution in [0.3, 0.4) is 0 Å². The number of guanidine groups is 1. The number of ether oxygens (including phenoxy) is 2. The van der Waals surface area contributed by atoms with Gasteiger partial charge in [-0.25, -0.2) is 0 Å². The van der Waals surface area contributed by atoms with E-state index in [2.05, 4.69) is 60.7 Å². The lowest BCUT2D eigenvalue weighted by molar-refractivity contribution is -0.106. The van der Waals surface area contributed by atoms with Crippen LogP contribution < -0.4 is 10.6 Å². The first kappa shape index (κ1) is 24.2. The fraction of sp³-hybridized carbons (Fsp3) is 0.773. The minimum absolute atomic E-state index is 0. The van der Waals surface area contributed by atoms with Crippen LogP contribution in [0.15, 0.2) is 22.5 Å². The topological polar surface area (TPSA) is 58.1 Å². The van der Waals surface area contributed by atoms with E-state index in [-0.39, 0.29) is 35.5 Å². The zero-order valence-corrected chi connectivity index (χ0v) is 21.7. The van der Waals surface area contributed by atoms with E-state index in [1.807, 2.05) is 11.3 Å². The van der Waals surface area contributed by atoms with Crippen LogP contribution in [-0.4, -0.2) is 68.5 Å². The lowest BCUT2D eigenvalue weighted by Gasteiger charge is -2.55. The predicted molar refractivity (Wildman–Crippen MR) is 134 cm³/mol.